The Bertz CT molecular complexity index is 591. The van der Waals surface area contributed by atoms with Gasteiger partial charge in [-0.05, 0) is 30.5 Å². The zero-order valence-electron chi connectivity index (χ0n) is 8.15. The highest BCUT2D eigenvalue weighted by Gasteiger charge is 2.47. The average molecular weight is 240 g/mol. The van der Waals surface area contributed by atoms with Crippen molar-refractivity contribution in [3.63, 3.8) is 0 Å². The Labute approximate surface area is 95.0 Å². The molecule has 0 unspecified atom stereocenters. The Morgan fingerprint density at radius 1 is 1.56 bits per heavy atom. The maximum absolute atomic E-state index is 13.6. The van der Waals surface area contributed by atoms with E-state index in [9.17, 15) is 9.18 Å². The molecule has 0 atom stereocenters. The number of hydrogen-bond donors (Lipinski definition) is 0. The molecule has 0 aromatic carbocycles. The van der Waals surface area contributed by atoms with Crippen LogP contribution in [0.15, 0.2) is 12.3 Å². The Hall–Kier alpha value is -1.49. The van der Waals surface area contributed by atoms with Gasteiger partial charge < -0.3 is 4.79 Å². The van der Waals surface area contributed by atoms with Gasteiger partial charge in [-0.1, -0.05) is 0 Å². The molecule has 2 aromatic heterocycles. The van der Waals surface area contributed by atoms with Gasteiger partial charge in [-0.2, -0.15) is 0 Å². The van der Waals surface area contributed by atoms with E-state index in [4.69, 9.17) is 11.6 Å². The second-order valence-electron chi connectivity index (χ2n) is 3.98. The van der Waals surface area contributed by atoms with Crippen LogP contribution in [0.2, 0.25) is 5.28 Å². The van der Waals surface area contributed by atoms with Gasteiger partial charge in [0.25, 0.3) is 0 Å². The van der Waals surface area contributed by atoms with E-state index in [1.807, 2.05) is 0 Å². The highest BCUT2D eigenvalue weighted by Crippen LogP contribution is 2.46. The van der Waals surface area contributed by atoms with Gasteiger partial charge in [-0.3, -0.25) is 0 Å². The van der Waals surface area contributed by atoms with Crippen LogP contribution in [0.25, 0.3) is 5.52 Å². The Balaban J connectivity index is 2.33. The van der Waals surface area contributed by atoms with Gasteiger partial charge in [0, 0.05) is 0 Å². The van der Waals surface area contributed by atoms with Crippen LogP contribution in [0.5, 0.6) is 0 Å². The molecule has 16 heavy (non-hydrogen) atoms. The summed E-state index contributed by atoms with van der Waals surface area (Å²) in [5.74, 6) is -0.431. The summed E-state index contributed by atoms with van der Waals surface area (Å²) in [5.41, 5.74) is 0.220. The van der Waals surface area contributed by atoms with Gasteiger partial charge in [0.15, 0.2) is 5.82 Å². The quantitative estimate of drug-likeness (QED) is 0.750. The summed E-state index contributed by atoms with van der Waals surface area (Å²) in [6, 6.07) is 1.34. The summed E-state index contributed by atoms with van der Waals surface area (Å²) in [7, 11) is 0. The molecule has 1 fully saturated rings. The maximum atomic E-state index is 13.6. The Kier molecular flexibility index (Phi) is 1.83. The van der Waals surface area contributed by atoms with Crippen molar-refractivity contribution in [1.82, 2.24) is 14.6 Å². The predicted molar refractivity (Wildman–Crippen MR) is 54.9 cm³/mol. The van der Waals surface area contributed by atoms with Gasteiger partial charge in [0.05, 0.1) is 17.3 Å². The molecule has 0 aliphatic heterocycles. The highest BCUT2D eigenvalue weighted by molar-refractivity contribution is 6.28. The molecule has 2 heterocycles. The topological polar surface area (TPSA) is 47.3 Å². The molecule has 0 amide bonds. The minimum Gasteiger partial charge on any atom is -0.302 e. The number of carbonyl (C=O) groups excluding carboxylic acids is 1. The molecular formula is C10H7ClFN3O. The summed E-state index contributed by atoms with van der Waals surface area (Å²) in [6.45, 7) is 0. The lowest BCUT2D eigenvalue weighted by atomic mass is 10.1. The van der Waals surface area contributed by atoms with E-state index in [1.165, 1.54) is 16.8 Å². The lowest BCUT2D eigenvalue weighted by Gasteiger charge is -2.05. The molecule has 1 saturated carbocycles. The van der Waals surface area contributed by atoms with Crippen LogP contribution in [-0.4, -0.2) is 20.9 Å². The first-order chi connectivity index (χ1) is 7.66. The van der Waals surface area contributed by atoms with Crippen LogP contribution < -0.4 is 0 Å². The standard InChI is InChI=1S/C10H7ClFN3O/c11-9-13-4-7-6(12)3-8(15(7)14-9)10(5-16)1-2-10/h3-5H,1-2H2. The average Bonchev–Trinajstić information content (AvgIpc) is 3.00. The third-order valence-corrected chi connectivity index (χ3v) is 3.14. The maximum Gasteiger partial charge on any atom is 0.241 e. The summed E-state index contributed by atoms with van der Waals surface area (Å²) < 4.78 is 14.9. The van der Waals surface area contributed by atoms with E-state index in [1.54, 1.807) is 0 Å². The SMILES string of the molecule is O=CC1(c2cc(F)c3cnc(Cl)nn23)CC1. The molecule has 4 nitrogen and oxygen atoms in total. The second-order valence-corrected chi connectivity index (χ2v) is 4.31. The Morgan fingerprint density at radius 2 is 2.31 bits per heavy atom. The van der Waals surface area contributed by atoms with E-state index < -0.39 is 11.2 Å². The predicted octanol–water partition coefficient (Wildman–Crippen LogP) is 1.75. The van der Waals surface area contributed by atoms with Gasteiger partial charge in [-0.25, -0.2) is 13.9 Å². The van der Waals surface area contributed by atoms with Crippen LogP contribution in [0.3, 0.4) is 0 Å². The molecule has 0 bridgehead atoms. The van der Waals surface area contributed by atoms with E-state index in [0.29, 0.717) is 5.69 Å². The fourth-order valence-electron chi connectivity index (χ4n) is 1.86. The number of aromatic nitrogens is 3. The van der Waals surface area contributed by atoms with Crippen molar-refractivity contribution in [3.05, 3.63) is 29.1 Å². The fourth-order valence-corrected chi connectivity index (χ4v) is 1.98. The molecular weight excluding hydrogens is 233 g/mol. The zero-order chi connectivity index (χ0) is 11.3. The van der Waals surface area contributed by atoms with E-state index in [2.05, 4.69) is 10.1 Å². The van der Waals surface area contributed by atoms with Crippen LogP contribution in [-0.2, 0) is 10.2 Å². The number of halogens is 2. The zero-order valence-corrected chi connectivity index (χ0v) is 8.91. The normalized spacial score (nSPS) is 17.6. The van der Waals surface area contributed by atoms with Crippen LogP contribution >= 0.6 is 11.6 Å². The number of rotatable bonds is 2. The number of nitrogens with zero attached hydrogens (tertiary/aromatic N) is 3. The van der Waals surface area contributed by atoms with Gasteiger partial charge in [0.2, 0.25) is 5.28 Å². The van der Waals surface area contributed by atoms with Crippen molar-refractivity contribution in [2.24, 2.45) is 0 Å². The first-order valence-corrected chi connectivity index (χ1v) is 5.21. The molecule has 0 saturated heterocycles. The van der Waals surface area contributed by atoms with Crippen molar-refractivity contribution in [2.75, 3.05) is 0 Å². The summed E-state index contributed by atoms with van der Waals surface area (Å²) in [5, 5.41) is 3.96. The highest BCUT2D eigenvalue weighted by atomic mass is 35.5. The van der Waals surface area contributed by atoms with Crippen LogP contribution in [0.4, 0.5) is 4.39 Å². The number of carbonyl (C=O) groups is 1. The molecule has 3 rings (SSSR count). The minimum absolute atomic E-state index is 0.0334. The van der Waals surface area contributed by atoms with Crippen molar-refractivity contribution < 1.29 is 9.18 Å². The van der Waals surface area contributed by atoms with E-state index in [0.717, 1.165) is 19.1 Å². The van der Waals surface area contributed by atoms with Gasteiger partial charge in [0.1, 0.15) is 11.8 Å². The van der Waals surface area contributed by atoms with Gasteiger partial charge >= 0.3 is 0 Å². The lowest BCUT2D eigenvalue weighted by molar-refractivity contribution is -0.110. The minimum atomic E-state index is -0.578. The molecule has 1 aliphatic carbocycles. The largest absolute Gasteiger partial charge is 0.302 e. The third kappa shape index (κ3) is 1.18. The fraction of sp³-hybridized carbons (Fsp3) is 0.300. The molecule has 82 valence electrons. The van der Waals surface area contributed by atoms with Gasteiger partial charge in [-0.15, -0.1) is 5.10 Å². The number of hydrogen-bond acceptors (Lipinski definition) is 3. The summed E-state index contributed by atoms with van der Waals surface area (Å²) >= 11 is 5.66. The number of aldehydes is 1. The summed E-state index contributed by atoms with van der Waals surface area (Å²) in [4.78, 5) is 14.7. The van der Waals surface area contributed by atoms with Crippen LogP contribution in [0, 0.1) is 5.82 Å². The second kappa shape index (κ2) is 3.01. The van der Waals surface area contributed by atoms with E-state index in [-0.39, 0.29) is 10.8 Å². The third-order valence-electron chi connectivity index (χ3n) is 2.96. The smallest absolute Gasteiger partial charge is 0.241 e. The first-order valence-electron chi connectivity index (χ1n) is 4.83. The van der Waals surface area contributed by atoms with E-state index >= 15 is 0 Å². The Morgan fingerprint density at radius 3 is 2.94 bits per heavy atom. The summed E-state index contributed by atoms with van der Waals surface area (Å²) in [6.07, 6.45) is 3.62. The molecule has 6 heteroatoms. The molecule has 1 aliphatic rings. The number of fused-ring (bicyclic) bond motifs is 1. The first kappa shape index (κ1) is 9.72. The van der Waals surface area contributed by atoms with Crippen molar-refractivity contribution in [3.8, 4) is 0 Å². The molecule has 0 spiro atoms. The molecule has 0 radical (unpaired) electrons. The molecule has 0 N–H and O–H groups in total. The van der Waals surface area contributed by atoms with Crippen molar-refractivity contribution >= 4 is 23.4 Å². The van der Waals surface area contributed by atoms with Crippen molar-refractivity contribution in [1.29, 1.82) is 0 Å². The van der Waals surface area contributed by atoms with Crippen molar-refractivity contribution in [2.45, 2.75) is 18.3 Å². The lowest BCUT2D eigenvalue weighted by Crippen LogP contribution is -2.12. The molecule has 2 aromatic rings. The monoisotopic (exact) mass is 239 g/mol. The van der Waals surface area contributed by atoms with Crippen LogP contribution in [0.1, 0.15) is 18.5 Å².